The van der Waals surface area contributed by atoms with Crippen molar-refractivity contribution in [1.29, 1.82) is 0 Å². The van der Waals surface area contributed by atoms with E-state index >= 15 is 0 Å². The van der Waals surface area contributed by atoms with E-state index < -0.39 is 10.0 Å². The second-order valence-electron chi connectivity index (χ2n) is 6.40. The van der Waals surface area contributed by atoms with E-state index in [9.17, 15) is 18.0 Å². The molecule has 0 atom stereocenters. The van der Waals surface area contributed by atoms with Crippen LogP contribution in [0.15, 0.2) is 35.2 Å². The van der Waals surface area contributed by atoms with Gasteiger partial charge in [0.25, 0.3) is 0 Å². The van der Waals surface area contributed by atoms with Crippen LogP contribution in [0.1, 0.15) is 29.8 Å². The molecule has 3 rings (SSSR count). The summed E-state index contributed by atoms with van der Waals surface area (Å²) >= 11 is 0. The Hall–Kier alpha value is -2.45. The van der Waals surface area contributed by atoms with Gasteiger partial charge in [-0.15, -0.1) is 0 Å². The summed E-state index contributed by atoms with van der Waals surface area (Å²) in [6, 6.07) is 7.71. The van der Waals surface area contributed by atoms with Gasteiger partial charge >= 0.3 is 0 Å². The average Bonchev–Trinajstić information content (AvgIpc) is 3.07. The van der Waals surface area contributed by atoms with Gasteiger partial charge < -0.3 is 4.57 Å². The number of benzene rings is 1. The fourth-order valence-corrected chi connectivity index (χ4v) is 4.01. The largest absolute Gasteiger partial charge is 0.352 e. The van der Waals surface area contributed by atoms with E-state index in [4.69, 9.17) is 0 Å². The summed E-state index contributed by atoms with van der Waals surface area (Å²) in [5.74, 6) is -0.530. The minimum Gasteiger partial charge on any atom is -0.352 e. The van der Waals surface area contributed by atoms with Gasteiger partial charge in [0.05, 0.1) is 10.6 Å². The molecule has 0 bridgehead atoms. The van der Waals surface area contributed by atoms with Crippen LogP contribution in [0.5, 0.6) is 0 Å². The molecule has 0 radical (unpaired) electrons. The highest BCUT2D eigenvalue weighted by molar-refractivity contribution is 7.89. The number of carbonyl (C=O) groups is 2. The SMILES string of the molecule is Cc1cc(CNS(=O)(=O)c2ccc(N3C(=O)CCC3=O)cc2)c(C)n1C. The maximum atomic E-state index is 12.5. The molecule has 1 aliphatic heterocycles. The summed E-state index contributed by atoms with van der Waals surface area (Å²) in [6.45, 7) is 4.10. The lowest BCUT2D eigenvalue weighted by Gasteiger charge is -2.14. The number of rotatable bonds is 5. The monoisotopic (exact) mass is 375 g/mol. The van der Waals surface area contributed by atoms with Crippen LogP contribution in [0.25, 0.3) is 0 Å². The highest BCUT2D eigenvalue weighted by atomic mass is 32.2. The molecule has 1 aromatic carbocycles. The number of carbonyl (C=O) groups excluding carboxylic acids is 2. The summed E-state index contributed by atoms with van der Waals surface area (Å²) in [7, 11) is -1.76. The van der Waals surface area contributed by atoms with Gasteiger partial charge in [-0.25, -0.2) is 13.1 Å². The molecule has 8 heteroatoms. The number of nitrogens with zero attached hydrogens (tertiary/aromatic N) is 2. The highest BCUT2D eigenvalue weighted by Gasteiger charge is 2.30. The van der Waals surface area contributed by atoms with Crippen LogP contribution in [0.4, 0.5) is 5.69 Å². The smallest absolute Gasteiger partial charge is 0.240 e. The standard InChI is InChI=1S/C18H21N3O4S/c1-12-10-14(13(2)20(12)3)11-19-26(24,25)16-6-4-15(5-7-16)21-17(22)8-9-18(21)23/h4-7,10,19H,8-9,11H2,1-3H3. The Bertz CT molecular complexity index is 959. The third-order valence-electron chi connectivity index (χ3n) is 4.79. The molecule has 0 aliphatic carbocycles. The average molecular weight is 375 g/mol. The minimum atomic E-state index is -3.69. The van der Waals surface area contributed by atoms with Crippen LogP contribution in [0, 0.1) is 13.8 Å². The molecule has 2 aromatic rings. The Morgan fingerprint density at radius 3 is 2.12 bits per heavy atom. The summed E-state index contributed by atoms with van der Waals surface area (Å²) in [5, 5.41) is 0. The molecule has 0 spiro atoms. The fourth-order valence-electron chi connectivity index (χ4n) is 3.01. The molecule has 1 aromatic heterocycles. The lowest BCUT2D eigenvalue weighted by atomic mass is 10.2. The van der Waals surface area contributed by atoms with Crippen molar-refractivity contribution in [1.82, 2.24) is 9.29 Å². The molecular formula is C18H21N3O4S. The summed E-state index contributed by atoms with van der Waals surface area (Å²) in [5.41, 5.74) is 3.37. The van der Waals surface area contributed by atoms with Crippen LogP contribution < -0.4 is 9.62 Å². The molecule has 0 unspecified atom stereocenters. The number of aryl methyl sites for hydroxylation is 1. The Kier molecular flexibility index (Phi) is 4.72. The first-order valence-corrected chi connectivity index (χ1v) is 9.76. The predicted molar refractivity (Wildman–Crippen MR) is 97.1 cm³/mol. The van der Waals surface area contributed by atoms with E-state index in [1.807, 2.05) is 31.5 Å². The number of anilines is 1. The number of aromatic nitrogens is 1. The molecule has 26 heavy (non-hydrogen) atoms. The maximum absolute atomic E-state index is 12.5. The van der Waals surface area contributed by atoms with Gasteiger partial charge in [0, 0.05) is 37.8 Å². The molecular weight excluding hydrogens is 354 g/mol. The van der Waals surface area contributed by atoms with Crippen molar-refractivity contribution in [3.05, 3.63) is 47.3 Å². The van der Waals surface area contributed by atoms with Crippen molar-refractivity contribution in [2.24, 2.45) is 7.05 Å². The maximum Gasteiger partial charge on any atom is 0.240 e. The lowest BCUT2D eigenvalue weighted by Crippen LogP contribution is -2.28. The van der Waals surface area contributed by atoms with E-state index in [1.165, 1.54) is 24.3 Å². The number of sulfonamides is 1. The molecule has 1 saturated heterocycles. The number of nitrogens with one attached hydrogen (secondary N) is 1. The van der Waals surface area contributed by atoms with E-state index in [-0.39, 0.29) is 36.1 Å². The number of hydrogen-bond acceptors (Lipinski definition) is 4. The van der Waals surface area contributed by atoms with Gasteiger partial charge in [0.1, 0.15) is 0 Å². The minimum absolute atomic E-state index is 0.0886. The van der Waals surface area contributed by atoms with Crippen LogP contribution in [-0.4, -0.2) is 24.8 Å². The zero-order valence-corrected chi connectivity index (χ0v) is 15.8. The van der Waals surface area contributed by atoms with Gasteiger partial charge in [-0.1, -0.05) is 0 Å². The summed E-state index contributed by atoms with van der Waals surface area (Å²) < 4.78 is 29.6. The molecule has 1 aliphatic rings. The molecule has 2 heterocycles. The molecule has 1 fully saturated rings. The van der Waals surface area contributed by atoms with E-state index in [0.717, 1.165) is 21.9 Å². The van der Waals surface area contributed by atoms with Crippen LogP contribution in [-0.2, 0) is 33.2 Å². The van der Waals surface area contributed by atoms with Crippen LogP contribution >= 0.6 is 0 Å². The molecule has 138 valence electrons. The topological polar surface area (TPSA) is 88.5 Å². The van der Waals surface area contributed by atoms with Gasteiger partial charge in [-0.05, 0) is 49.7 Å². The van der Waals surface area contributed by atoms with Gasteiger partial charge in [-0.2, -0.15) is 0 Å². The number of amides is 2. The van der Waals surface area contributed by atoms with Gasteiger partial charge in [0.2, 0.25) is 21.8 Å². The Morgan fingerprint density at radius 1 is 1.04 bits per heavy atom. The molecule has 2 amide bonds. The Labute approximate surface area is 152 Å². The van der Waals surface area contributed by atoms with E-state index in [1.54, 1.807) is 0 Å². The zero-order valence-electron chi connectivity index (χ0n) is 14.9. The van der Waals surface area contributed by atoms with Gasteiger partial charge in [-0.3, -0.25) is 14.5 Å². The number of imide groups is 1. The van der Waals surface area contributed by atoms with Crippen LogP contribution in [0.3, 0.4) is 0 Å². The quantitative estimate of drug-likeness (QED) is 0.807. The summed E-state index contributed by atoms with van der Waals surface area (Å²) in [4.78, 5) is 24.7. The van der Waals surface area contributed by atoms with Crippen molar-refractivity contribution in [2.45, 2.75) is 38.1 Å². The molecule has 1 N–H and O–H groups in total. The lowest BCUT2D eigenvalue weighted by molar-refractivity contribution is -0.121. The van der Waals surface area contributed by atoms with Gasteiger partial charge in [0.15, 0.2) is 0 Å². The second-order valence-corrected chi connectivity index (χ2v) is 8.16. The van der Waals surface area contributed by atoms with Crippen molar-refractivity contribution in [3.63, 3.8) is 0 Å². The summed E-state index contributed by atoms with van der Waals surface area (Å²) in [6.07, 6.45) is 0.382. The Morgan fingerprint density at radius 2 is 1.62 bits per heavy atom. The van der Waals surface area contributed by atoms with Crippen LogP contribution in [0.2, 0.25) is 0 Å². The first kappa shape index (κ1) is 18.3. The first-order valence-electron chi connectivity index (χ1n) is 8.28. The third kappa shape index (κ3) is 3.30. The fraction of sp³-hybridized carbons (Fsp3) is 0.333. The molecule has 7 nitrogen and oxygen atoms in total. The van der Waals surface area contributed by atoms with Crippen molar-refractivity contribution < 1.29 is 18.0 Å². The predicted octanol–water partition coefficient (Wildman–Crippen LogP) is 1.77. The molecule has 0 saturated carbocycles. The van der Waals surface area contributed by atoms with Crippen molar-refractivity contribution in [3.8, 4) is 0 Å². The normalized spacial score (nSPS) is 15.1. The second kappa shape index (κ2) is 6.69. The third-order valence-corrected chi connectivity index (χ3v) is 6.21. The first-order chi connectivity index (χ1) is 12.2. The van der Waals surface area contributed by atoms with Crippen molar-refractivity contribution in [2.75, 3.05) is 4.90 Å². The van der Waals surface area contributed by atoms with Crippen molar-refractivity contribution >= 4 is 27.5 Å². The Balaban J connectivity index is 1.76. The highest BCUT2D eigenvalue weighted by Crippen LogP contribution is 2.24. The van der Waals surface area contributed by atoms with E-state index in [2.05, 4.69) is 4.72 Å². The number of hydrogen-bond donors (Lipinski definition) is 1. The zero-order chi connectivity index (χ0) is 19.1. The van der Waals surface area contributed by atoms with E-state index in [0.29, 0.717) is 5.69 Å².